The highest BCUT2D eigenvalue weighted by atomic mass is 79.9. The number of hydrogen-bond acceptors (Lipinski definition) is 6. The Kier molecular flexibility index (Phi) is 9.26. The molecule has 1 heterocycles. The van der Waals surface area contributed by atoms with E-state index in [4.69, 9.17) is 19.6 Å². The van der Waals surface area contributed by atoms with Gasteiger partial charge in [-0.15, -0.1) is 0 Å². The summed E-state index contributed by atoms with van der Waals surface area (Å²) in [6.45, 7) is 0.558. The maximum Gasteiger partial charge on any atom is 0.416 e. The lowest BCUT2D eigenvalue weighted by atomic mass is 9.91. The summed E-state index contributed by atoms with van der Waals surface area (Å²) in [7, 11) is 0. The summed E-state index contributed by atoms with van der Waals surface area (Å²) in [6.07, 6.45) is -3.62. The van der Waals surface area contributed by atoms with Crippen molar-refractivity contribution in [1.29, 1.82) is 0 Å². The molecule has 0 saturated heterocycles. The SMILES string of the molecule is O=C(NNCc1ccc(C(F)(F)F)cc1)[C@]1(Cc2ccc(Br)cc2)COC(c2ccc(OCCCO)cc2)=N1. The van der Waals surface area contributed by atoms with Gasteiger partial charge in [-0.05, 0) is 59.7 Å². The fraction of sp³-hybridized carbons (Fsp3) is 0.286. The highest BCUT2D eigenvalue weighted by molar-refractivity contribution is 9.10. The Morgan fingerprint density at radius 1 is 1.03 bits per heavy atom. The van der Waals surface area contributed by atoms with Crippen LogP contribution in [0.3, 0.4) is 0 Å². The minimum absolute atomic E-state index is 0.000934. The molecule has 0 bridgehead atoms. The second-order valence-electron chi connectivity index (χ2n) is 8.99. The van der Waals surface area contributed by atoms with Crippen LogP contribution in [0.5, 0.6) is 5.75 Å². The van der Waals surface area contributed by atoms with Crippen molar-refractivity contribution >= 4 is 27.7 Å². The van der Waals surface area contributed by atoms with Crippen LogP contribution in [0.1, 0.15) is 28.7 Å². The molecule has 11 heteroatoms. The van der Waals surface area contributed by atoms with Crippen LogP contribution in [0.15, 0.2) is 82.3 Å². The van der Waals surface area contributed by atoms with E-state index in [0.717, 1.165) is 22.2 Å². The molecule has 0 saturated carbocycles. The number of hydrazine groups is 1. The molecular weight excluding hydrogens is 579 g/mol. The standard InChI is InChI=1S/C28H27BrF3N3O4/c29-23-10-4-19(5-11-23)16-27(26(37)35-33-17-20-2-8-22(9-3-20)28(30,31)32)18-39-25(34-27)21-6-12-24(13-7-21)38-15-1-14-36/h2-13,33,36H,1,14-18H2,(H,35,37)/t27-/m0/s1. The number of aliphatic hydroxyl groups is 1. The third kappa shape index (κ3) is 7.59. The number of halogens is 4. The molecular formula is C28H27BrF3N3O4. The average Bonchev–Trinajstić information content (AvgIpc) is 3.35. The lowest BCUT2D eigenvalue weighted by Gasteiger charge is -2.23. The van der Waals surface area contributed by atoms with Gasteiger partial charge in [0, 0.05) is 36.0 Å². The first-order valence-electron chi connectivity index (χ1n) is 12.2. The van der Waals surface area contributed by atoms with E-state index in [1.54, 1.807) is 24.3 Å². The lowest BCUT2D eigenvalue weighted by molar-refractivity contribution is -0.137. The van der Waals surface area contributed by atoms with Crippen molar-refractivity contribution in [2.75, 3.05) is 19.8 Å². The van der Waals surface area contributed by atoms with Crippen molar-refractivity contribution in [1.82, 2.24) is 10.9 Å². The van der Waals surface area contributed by atoms with Crippen LogP contribution in [0.4, 0.5) is 13.2 Å². The van der Waals surface area contributed by atoms with Crippen LogP contribution >= 0.6 is 15.9 Å². The topological polar surface area (TPSA) is 92.2 Å². The molecule has 4 rings (SSSR count). The van der Waals surface area contributed by atoms with E-state index >= 15 is 0 Å². The third-order valence-electron chi connectivity index (χ3n) is 6.04. The molecule has 1 aliphatic rings. The Morgan fingerprint density at radius 3 is 2.33 bits per heavy atom. The van der Waals surface area contributed by atoms with Gasteiger partial charge in [0.1, 0.15) is 12.4 Å². The van der Waals surface area contributed by atoms with Gasteiger partial charge < -0.3 is 14.6 Å². The van der Waals surface area contributed by atoms with Crippen LogP contribution in [0.2, 0.25) is 0 Å². The number of ether oxygens (including phenoxy) is 2. The number of hydrogen-bond donors (Lipinski definition) is 3. The zero-order valence-electron chi connectivity index (χ0n) is 20.8. The molecule has 0 aromatic heterocycles. The van der Waals surface area contributed by atoms with Crippen molar-refractivity contribution in [3.05, 3.63) is 99.5 Å². The second kappa shape index (κ2) is 12.6. The number of rotatable bonds is 11. The molecule has 3 aromatic carbocycles. The number of nitrogens with zero attached hydrogens (tertiary/aromatic N) is 1. The number of alkyl halides is 3. The minimum atomic E-state index is -4.41. The first kappa shape index (κ1) is 28.6. The molecule has 1 amide bonds. The Hall–Kier alpha value is -3.41. The number of amides is 1. The number of aliphatic imine (C=N–C) groups is 1. The van der Waals surface area contributed by atoms with E-state index in [2.05, 4.69) is 26.8 Å². The van der Waals surface area contributed by atoms with E-state index < -0.39 is 23.2 Å². The normalized spacial score (nSPS) is 16.9. The lowest BCUT2D eigenvalue weighted by Crippen LogP contribution is -2.52. The van der Waals surface area contributed by atoms with Crippen LogP contribution in [0.25, 0.3) is 0 Å². The zero-order chi connectivity index (χ0) is 27.9. The molecule has 1 aliphatic heterocycles. The van der Waals surface area contributed by atoms with E-state index in [1.807, 2.05) is 24.3 Å². The van der Waals surface area contributed by atoms with E-state index in [9.17, 15) is 18.0 Å². The van der Waals surface area contributed by atoms with Gasteiger partial charge in [-0.3, -0.25) is 10.2 Å². The van der Waals surface area contributed by atoms with Gasteiger partial charge in [-0.25, -0.2) is 10.4 Å². The Labute approximate surface area is 232 Å². The third-order valence-corrected chi connectivity index (χ3v) is 6.57. The Balaban J connectivity index is 1.48. The fourth-order valence-electron chi connectivity index (χ4n) is 3.92. The smallest absolute Gasteiger partial charge is 0.416 e. The second-order valence-corrected chi connectivity index (χ2v) is 9.91. The van der Waals surface area contributed by atoms with Gasteiger partial charge in [0.05, 0.1) is 12.2 Å². The summed E-state index contributed by atoms with van der Waals surface area (Å²) in [4.78, 5) is 18.1. The van der Waals surface area contributed by atoms with E-state index in [0.29, 0.717) is 35.8 Å². The predicted octanol–water partition coefficient (Wildman–Crippen LogP) is 4.81. The molecule has 0 spiro atoms. The summed E-state index contributed by atoms with van der Waals surface area (Å²) in [6, 6.07) is 19.3. The van der Waals surface area contributed by atoms with Gasteiger partial charge in [0.25, 0.3) is 5.91 Å². The average molecular weight is 606 g/mol. The number of aliphatic hydroxyl groups excluding tert-OH is 1. The Bertz CT molecular complexity index is 1280. The maximum absolute atomic E-state index is 13.4. The van der Waals surface area contributed by atoms with Gasteiger partial charge in [-0.1, -0.05) is 40.2 Å². The molecule has 0 radical (unpaired) electrons. The van der Waals surface area contributed by atoms with Gasteiger partial charge in [0.15, 0.2) is 5.54 Å². The molecule has 3 N–H and O–H groups in total. The van der Waals surface area contributed by atoms with Gasteiger partial charge in [-0.2, -0.15) is 13.2 Å². The minimum Gasteiger partial charge on any atom is -0.494 e. The van der Waals surface area contributed by atoms with Crippen molar-refractivity contribution in [3.63, 3.8) is 0 Å². The largest absolute Gasteiger partial charge is 0.494 e. The number of nitrogens with one attached hydrogen (secondary N) is 2. The molecule has 3 aromatic rings. The first-order valence-corrected chi connectivity index (χ1v) is 13.0. The molecule has 39 heavy (non-hydrogen) atoms. The van der Waals surface area contributed by atoms with Crippen LogP contribution in [0, 0.1) is 0 Å². The predicted molar refractivity (Wildman–Crippen MR) is 143 cm³/mol. The number of carbonyl (C=O) groups excluding carboxylic acids is 1. The van der Waals surface area contributed by atoms with Gasteiger partial charge >= 0.3 is 6.18 Å². The maximum atomic E-state index is 13.4. The van der Waals surface area contributed by atoms with Crippen LogP contribution in [-0.2, 0) is 28.7 Å². The Morgan fingerprint density at radius 2 is 1.69 bits per heavy atom. The summed E-state index contributed by atoms with van der Waals surface area (Å²) in [5.74, 6) is 0.514. The number of carbonyl (C=O) groups is 1. The molecule has 0 unspecified atom stereocenters. The van der Waals surface area contributed by atoms with Crippen molar-refractivity contribution in [2.45, 2.75) is 31.1 Å². The fourth-order valence-corrected chi connectivity index (χ4v) is 4.19. The monoisotopic (exact) mass is 605 g/mol. The molecule has 0 fully saturated rings. The summed E-state index contributed by atoms with van der Waals surface area (Å²) in [5.41, 5.74) is 5.55. The highest BCUT2D eigenvalue weighted by Crippen LogP contribution is 2.30. The summed E-state index contributed by atoms with van der Waals surface area (Å²) >= 11 is 3.41. The number of benzene rings is 3. The van der Waals surface area contributed by atoms with Crippen LogP contribution < -0.4 is 15.6 Å². The van der Waals surface area contributed by atoms with Crippen molar-refractivity contribution in [2.24, 2.45) is 4.99 Å². The summed E-state index contributed by atoms with van der Waals surface area (Å²) < 4.78 is 50.8. The van der Waals surface area contributed by atoms with Crippen LogP contribution in [-0.4, -0.2) is 42.3 Å². The van der Waals surface area contributed by atoms with Crippen molar-refractivity contribution < 1.29 is 32.5 Å². The zero-order valence-corrected chi connectivity index (χ0v) is 22.4. The van der Waals surface area contributed by atoms with E-state index in [1.165, 1.54) is 12.1 Å². The summed E-state index contributed by atoms with van der Waals surface area (Å²) in [5, 5.41) is 8.90. The quantitative estimate of drug-likeness (QED) is 0.215. The molecule has 206 valence electrons. The highest BCUT2D eigenvalue weighted by Gasteiger charge is 2.44. The molecule has 7 nitrogen and oxygen atoms in total. The van der Waals surface area contributed by atoms with Gasteiger partial charge in [0.2, 0.25) is 5.90 Å². The van der Waals surface area contributed by atoms with Crippen molar-refractivity contribution in [3.8, 4) is 5.75 Å². The molecule has 0 aliphatic carbocycles. The molecule has 1 atom stereocenters. The van der Waals surface area contributed by atoms with E-state index in [-0.39, 0.29) is 26.2 Å². The first-order chi connectivity index (χ1) is 18.7.